The molecule has 0 heterocycles. The fourth-order valence-corrected chi connectivity index (χ4v) is 3.05. The Morgan fingerprint density at radius 1 is 0.906 bits per heavy atom. The van der Waals surface area contributed by atoms with E-state index in [4.69, 9.17) is 39.5 Å². The molecule has 0 unspecified atom stereocenters. The Balaban J connectivity index is 0.000000229. The molecule has 0 aliphatic rings. The first kappa shape index (κ1) is 25.7. The molecule has 5 nitrogen and oxygen atoms in total. The van der Waals surface area contributed by atoms with Gasteiger partial charge in [-0.15, -0.1) is 0 Å². The molecule has 0 spiro atoms. The lowest BCUT2D eigenvalue weighted by molar-refractivity contribution is 0.230. The molecular formula is C24H25Cl3N2O3. The second-order valence-electron chi connectivity index (χ2n) is 7.39. The van der Waals surface area contributed by atoms with Gasteiger partial charge in [-0.05, 0) is 53.9 Å². The average molecular weight is 496 g/mol. The van der Waals surface area contributed by atoms with Crippen molar-refractivity contribution < 1.29 is 14.6 Å². The maximum atomic E-state index is 11.3. The van der Waals surface area contributed by atoms with Gasteiger partial charge in [-0.1, -0.05) is 60.8 Å². The molecule has 0 radical (unpaired) electrons. The summed E-state index contributed by atoms with van der Waals surface area (Å²) in [4.78, 5) is 12.9. The maximum absolute atomic E-state index is 11.3. The summed E-state index contributed by atoms with van der Waals surface area (Å²) in [6.07, 6.45) is 0. The van der Waals surface area contributed by atoms with Crippen LogP contribution in [-0.4, -0.2) is 30.1 Å². The Bertz CT molecular complexity index is 1010. The van der Waals surface area contributed by atoms with E-state index in [1.54, 1.807) is 44.4 Å². The Hall–Kier alpha value is -2.60. The van der Waals surface area contributed by atoms with E-state index in [9.17, 15) is 9.90 Å². The van der Waals surface area contributed by atoms with Gasteiger partial charge >= 0.3 is 6.03 Å². The number of carbonyl (C=O) groups is 1. The number of ether oxygens (including phenoxy) is 1. The highest BCUT2D eigenvalue weighted by atomic mass is 35.5. The molecule has 0 bridgehead atoms. The lowest BCUT2D eigenvalue weighted by Gasteiger charge is -2.12. The molecule has 2 amide bonds. The van der Waals surface area contributed by atoms with Crippen LogP contribution in [0.2, 0.25) is 15.1 Å². The van der Waals surface area contributed by atoms with Crippen LogP contribution in [-0.2, 0) is 0 Å². The highest BCUT2D eigenvalue weighted by molar-refractivity contribution is 6.35. The summed E-state index contributed by atoms with van der Waals surface area (Å²) in [6, 6.07) is 17.2. The molecule has 3 aromatic rings. The number of aromatic hydroxyl groups is 1. The van der Waals surface area contributed by atoms with Crippen LogP contribution >= 0.6 is 34.8 Å². The molecule has 0 aliphatic heterocycles. The molecule has 170 valence electrons. The van der Waals surface area contributed by atoms with Crippen LogP contribution in [0.15, 0.2) is 60.7 Å². The number of phenols is 1. The Labute approximate surface area is 203 Å². The summed E-state index contributed by atoms with van der Waals surface area (Å²) in [7, 11) is 3.44. The number of amides is 2. The maximum Gasteiger partial charge on any atom is 0.321 e. The van der Waals surface area contributed by atoms with E-state index in [-0.39, 0.29) is 17.5 Å². The number of benzene rings is 3. The number of anilines is 1. The van der Waals surface area contributed by atoms with Crippen molar-refractivity contribution in [1.82, 2.24) is 4.90 Å². The van der Waals surface area contributed by atoms with Crippen molar-refractivity contribution in [2.24, 2.45) is 0 Å². The average Bonchev–Trinajstić information content (AvgIpc) is 2.72. The van der Waals surface area contributed by atoms with Gasteiger partial charge in [-0.3, -0.25) is 0 Å². The summed E-state index contributed by atoms with van der Waals surface area (Å²) in [5.41, 5.74) is 2.11. The van der Waals surface area contributed by atoms with Crippen LogP contribution in [0.5, 0.6) is 17.2 Å². The Morgan fingerprint density at radius 3 is 1.97 bits per heavy atom. The zero-order chi connectivity index (χ0) is 23.8. The van der Waals surface area contributed by atoms with Gasteiger partial charge in [0.2, 0.25) is 0 Å². The third-order valence-electron chi connectivity index (χ3n) is 4.27. The van der Waals surface area contributed by atoms with Crippen LogP contribution < -0.4 is 10.1 Å². The SMILES string of the molecule is CC(C)c1ccc(NC(=O)N(C)C)cc1.Oc1cc(Cl)ccc1Oc1ccc(Cl)cc1Cl. The first-order valence-corrected chi connectivity index (χ1v) is 10.9. The zero-order valence-electron chi connectivity index (χ0n) is 18.2. The highest BCUT2D eigenvalue weighted by Crippen LogP contribution is 2.36. The number of carbonyl (C=O) groups excluding carboxylic acids is 1. The van der Waals surface area contributed by atoms with Gasteiger partial charge in [-0.25, -0.2) is 4.79 Å². The van der Waals surface area contributed by atoms with Gasteiger partial charge in [0.1, 0.15) is 5.75 Å². The minimum Gasteiger partial charge on any atom is -0.504 e. The molecule has 2 N–H and O–H groups in total. The van der Waals surface area contributed by atoms with Gasteiger partial charge in [-0.2, -0.15) is 0 Å². The molecule has 0 saturated heterocycles. The van der Waals surface area contributed by atoms with E-state index in [0.717, 1.165) is 5.69 Å². The predicted octanol–water partition coefficient (Wildman–Crippen LogP) is 8.05. The number of phenolic OH excluding ortho intramolecular Hbond substituents is 1. The van der Waals surface area contributed by atoms with E-state index in [2.05, 4.69) is 19.2 Å². The van der Waals surface area contributed by atoms with Crippen molar-refractivity contribution in [3.8, 4) is 17.2 Å². The van der Waals surface area contributed by atoms with Gasteiger partial charge in [0.05, 0.1) is 5.02 Å². The van der Waals surface area contributed by atoms with Crippen LogP contribution in [0.4, 0.5) is 10.5 Å². The number of urea groups is 1. The molecule has 0 aromatic heterocycles. The minimum atomic E-state index is -0.104. The van der Waals surface area contributed by atoms with Gasteiger partial charge in [0, 0.05) is 35.9 Å². The minimum absolute atomic E-state index is 0.0523. The summed E-state index contributed by atoms with van der Waals surface area (Å²) in [6.45, 7) is 4.29. The molecule has 0 aliphatic carbocycles. The second kappa shape index (κ2) is 11.9. The van der Waals surface area contributed by atoms with E-state index < -0.39 is 0 Å². The van der Waals surface area contributed by atoms with Crippen LogP contribution in [0.1, 0.15) is 25.3 Å². The summed E-state index contributed by atoms with van der Waals surface area (Å²) < 4.78 is 5.45. The summed E-state index contributed by atoms with van der Waals surface area (Å²) in [5, 5.41) is 13.7. The van der Waals surface area contributed by atoms with Crippen molar-refractivity contribution in [1.29, 1.82) is 0 Å². The van der Waals surface area contributed by atoms with Crippen molar-refractivity contribution in [3.05, 3.63) is 81.3 Å². The topological polar surface area (TPSA) is 61.8 Å². The lowest BCUT2D eigenvalue weighted by atomic mass is 10.0. The van der Waals surface area contributed by atoms with Gasteiger partial charge < -0.3 is 20.1 Å². The van der Waals surface area contributed by atoms with E-state index in [1.807, 2.05) is 24.3 Å². The molecule has 3 rings (SSSR count). The fraction of sp³-hybridized carbons (Fsp3) is 0.208. The highest BCUT2D eigenvalue weighted by Gasteiger charge is 2.08. The molecule has 0 fully saturated rings. The van der Waals surface area contributed by atoms with Crippen molar-refractivity contribution in [2.45, 2.75) is 19.8 Å². The molecule has 32 heavy (non-hydrogen) atoms. The lowest BCUT2D eigenvalue weighted by Crippen LogP contribution is -2.27. The monoisotopic (exact) mass is 494 g/mol. The van der Waals surface area contributed by atoms with Crippen molar-refractivity contribution in [3.63, 3.8) is 0 Å². The fourth-order valence-electron chi connectivity index (χ4n) is 2.44. The van der Waals surface area contributed by atoms with Crippen LogP contribution in [0.25, 0.3) is 0 Å². The number of halogens is 3. The van der Waals surface area contributed by atoms with Gasteiger partial charge in [0.15, 0.2) is 11.5 Å². The smallest absolute Gasteiger partial charge is 0.321 e. The number of rotatable bonds is 4. The molecule has 8 heteroatoms. The first-order chi connectivity index (χ1) is 15.1. The number of nitrogens with zero attached hydrogens (tertiary/aromatic N) is 1. The quantitative estimate of drug-likeness (QED) is 0.385. The van der Waals surface area contributed by atoms with Crippen molar-refractivity contribution >= 4 is 46.5 Å². The van der Waals surface area contributed by atoms with E-state index >= 15 is 0 Å². The standard InChI is InChI=1S/C12H7Cl3O2.C12H18N2O/c13-7-1-3-11(9(15)5-7)17-12-4-2-8(14)6-10(12)16;1-9(2)10-5-7-11(8-6-10)13-12(15)14(3)4/h1-6,16H;5-9H,1-4H3,(H,13,15). The van der Waals surface area contributed by atoms with Gasteiger partial charge in [0.25, 0.3) is 0 Å². The molecule has 3 aromatic carbocycles. The largest absolute Gasteiger partial charge is 0.504 e. The predicted molar refractivity (Wildman–Crippen MR) is 133 cm³/mol. The summed E-state index contributed by atoms with van der Waals surface area (Å²) in [5.74, 6) is 1.15. The van der Waals surface area contributed by atoms with E-state index in [1.165, 1.54) is 16.5 Å². The third-order valence-corrected chi connectivity index (χ3v) is 5.04. The normalized spacial score (nSPS) is 10.2. The Kier molecular flexibility index (Phi) is 9.51. The van der Waals surface area contributed by atoms with E-state index in [0.29, 0.717) is 26.7 Å². The second-order valence-corrected chi connectivity index (χ2v) is 8.67. The number of hydrogen-bond acceptors (Lipinski definition) is 3. The van der Waals surface area contributed by atoms with Crippen LogP contribution in [0.3, 0.4) is 0 Å². The number of hydrogen-bond donors (Lipinski definition) is 2. The molecule has 0 saturated carbocycles. The Morgan fingerprint density at radius 2 is 1.47 bits per heavy atom. The van der Waals surface area contributed by atoms with Crippen LogP contribution in [0, 0.1) is 0 Å². The van der Waals surface area contributed by atoms with Crippen molar-refractivity contribution in [2.75, 3.05) is 19.4 Å². The number of nitrogens with one attached hydrogen (secondary N) is 1. The molecule has 0 atom stereocenters. The molecular weight excluding hydrogens is 471 g/mol. The summed E-state index contributed by atoms with van der Waals surface area (Å²) >= 11 is 17.4. The first-order valence-electron chi connectivity index (χ1n) is 9.76. The third kappa shape index (κ3) is 7.83. The zero-order valence-corrected chi connectivity index (χ0v) is 20.5.